The zero-order valence-electron chi connectivity index (χ0n) is 11.3. The monoisotopic (exact) mass is 320 g/mol. The number of nitrogens with one attached hydrogen (secondary N) is 1. The number of halogens is 1. The third-order valence-corrected chi connectivity index (χ3v) is 3.79. The van der Waals surface area contributed by atoms with Gasteiger partial charge in [0.05, 0.1) is 29.1 Å². The average Bonchev–Trinajstić information content (AvgIpc) is 2.94. The number of nitrogens with two attached hydrogens (primary N) is 1. The fourth-order valence-electron chi connectivity index (χ4n) is 1.63. The van der Waals surface area contributed by atoms with Gasteiger partial charge in [0.2, 0.25) is 0 Å². The molecule has 0 aliphatic rings. The Morgan fingerprint density at radius 3 is 2.95 bits per heavy atom. The van der Waals surface area contributed by atoms with Crippen LogP contribution in [0.3, 0.4) is 0 Å². The Bertz CT molecular complexity index is 716. The predicted octanol–water partition coefficient (Wildman–Crippen LogP) is 2.97. The van der Waals surface area contributed by atoms with Crippen molar-refractivity contribution in [3.8, 4) is 17.6 Å². The van der Waals surface area contributed by atoms with Crippen LogP contribution in [-0.4, -0.2) is 19.6 Å². The maximum atomic E-state index is 12.2. The minimum Gasteiger partial charge on any atom is -0.495 e. The molecule has 0 aliphatic carbocycles. The number of hydrogen-bond acceptors (Lipinski definition) is 4. The van der Waals surface area contributed by atoms with Gasteiger partial charge < -0.3 is 15.8 Å². The van der Waals surface area contributed by atoms with E-state index >= 15 is 0 Å². The first-order chi connectivity index (χ1) is 10.1. The van der Waals surface area contributed by atoms with E-state index in [0.717, 1.165) is 4.88 Å². The van der Waals surface area contributed by atoms with Crippen molar-refractivity contribution < 1.29 is 9.53 Å². The molecule has 4 nitrogen and oxygen atoms in total. The summed E-state index contributed by atoms with van der Waals surface area (Å²) in [5, 5.41) is 3.30. The van der Waals surface area contributed by atoms with Gasteiger partial charge in [-0.1, -0.05) is 23.4 Å². The molecule has 0 atom stereocenters. The minimum absolute atomic E-state index is 0.235. The number of carbonyl (C=O) groups is 1. The highest BCUT2D eigenvalue weighted by molar-refractivity contribution is 7.14. The van der Waals surface area contributed by atoms with Crippen LogP contribution in [-0.2, 0) is 0 Å². The highest BCUT2D eigenvalue weighted by atomic mass is 35.5. The standard InChI is InChI=1S/C15H13ClN2O2S/c1-20-13-6-4-10(16)9-12(13)18-15(19)14-7-5-11(21-14)3-2-8-17/h4-7,9H,8,17H2,1H3,(H,18,19). The van der Waals surface area contributed by atoms with Crippen molar-refractivity contribution in [2.24, 2.45) is 5.73 Å². The maximum Gasteiger partial charge on any atom is 0.265 e. The van der Waals surface area contributed by atoms with Crippen molar-refractivity contribution in [3.63, 3.8) is 0 Å². The van der Waals surface area contributed by atoms with Crippen LogP contribution in [0.4, 0.5) is 5.69 Å². The highest BCUT2D eigenvalue weighted by Gasteiger charge is 2.12. The minimum atomic E-state index is -0.235. The second kappa shape index (κ2) is 7.14. The van der Waals surface area contributed by atoms with E-state index in [1.165, 1.54) is 18.4 Å². The van der Waals surface area contributed by atoms with E-state index in [9.17, 15) is 4.79 Å². The van der Waals surface area contributed by atoms with Crippen molar-refractivity contribution in [2.45, 2.75) is 0 Å². The summed E-state index contributed by atoms with van der Waals surface area (Å²) in [5.74, 6) is 5.96. The Balaban J connectivity index is 2.18. The molecule has 1 aromatic carbocycles. The molecule has 2 rings (SSSR count). The predicted molar refractivity (Wildman–Crippen MR) is 86.2 cm³/mol. The summed E-state index contributed by atoms with van der Waals surface area (Å²) in [7, 11) is 1.53. The highest BCUT2D eigenvalue weighted by Crippen LogP contribution is 2.28. The summed E-state index contributed by atoms with van der Waals surface area (Å²) in [6, 6.07) is 8.54. The molecule has 0 bridgehead atoms. The molecular formula is C15H13ClN2O2S. The first kappa shape index (κ1) is 15.4. The number of hydrogen-bond donors (Lipinski definition) is 2. The van der Waals surface area contributed by atoms with E-state index < -0.39 is 0 Å². The number of benzene rings is 1. The Labute approximate surface area is 131 Å². The summed E-state index contributed by atoms with van der Waals surface area (Å²) in [6.45, 7) is 0.291. The topological polar surface area (TPSA) is 64.3 Å². The van der Waals surface area contributed by atoms with Crippen LogP contribution in [0.2, 0.25) is 5.02 Å². The Morgan fingerprint density at radius 2 is 2.24 bits per heavy atom. The largest absolute Gasteiger partial charge is 0.495 e. The number of anilines is 1. The number of amides is 1. The van der Waals surface area contributed by atoms with E-state index in [-0.39, 0.29) is 5.91 Å². The van der Waals surface area contributed by atoms with Gasteiger partial charge in [-0.15, -0.1) is 11.3 Å². The lowest BCUT2D eigenvalue weighted by molar-refractivity contribution is 0.103. The van der Waals surface area contributed by atoms with Gasteiger partial charge in [-0.05, 0) is 30.3 Å². The Morgan fingerprint density at radius 1 is 1.43 bits per heavy atom. The molecule has 21 heavy (non-hydrogen) atoms. The van der Waals surface area contributed by atoms with Crippen molar-refractivity contribution in [1.82, 2.24) is 0 Å². The van der Waals surface area contributed by atoms with Gasteiger partial charge in [0.15, 0.2) is 0 Å². The van der Waals surface area contributed by atoms with Crippen LogP contribution in [0.25, 0.3) is 0 Å². The molecule has 1 amide bonds. The molecule has 2 aromatic rings. The van der Waals surface area contributed by atoms with Gasteiger partial charge in [0.25, 0.3) is 5.91 Å². The van der Waals surface area contributed by atoms with E-state index in [4.69, 9.17) is 22.1 Å². The zero-order valence-corrected chi connectivity index (χ0v) is 12.8. The lowest BCUT2D eigenvalue weighted by Crippen LogP contribution is -2.11. The normalized spacial score (nSPS) is 9.67. The fourth-order valence-corrected chi connectivity index (χ4v) is 2.58. The average molecular weight is 321 g/mol. The molecule has 0 spiro atoms. The molecule has 0 fully saturated rings. The maximum absolute atomic E-state index is 12.2. The molecule has 0 saturated carbocycles. The molecule has 108 valence electrons. The van der Waals surface area contributed by atoms with Crippen LogP contribution in [0.1, 0.15) is 14.5 Å². The van der Waals surface area contributed by atoms with Gasteiger partial charge in [0.1, 0.15) is 5.75 Å². The lowest BCUT2D eigenvalue weighted by atomic mass is 10.3. The molecule has 1 heterocycles. The van der Waals surface area contributed by atoms with Crippen LogP contribution >= 0.6 is 22.9 Å². The summed E-state index contributed by atoms with van der Waals surface area (Å²) in [4.78, 5) is 13.6. The molecule has 6 heteroatoms. The third kappa shape index (κ3) is 3.99. The van der Waals surface area contributed by atoms with E-state index in [2.05, 4.69) is 17.2 Å². The zero-order chi connectivity index (χ0) is 15.2. The molecule has 0 unspecified atom stereocenters. The summed E-state index contributed by atoms with van der Waals surface area (Å²) in [6.07, 6.45) is 0. The number of methoxy groups -OCH3 is 1. The van der Waals surface area contributed by atoms with Gasteiger partial charge in [0, 0.05) is 5.02 Å². The van der Waals surface area contributed by atoms with Crippen LogP contribution in [0, 0.1) is 11.8 Å². The molecule has 1 aromatic heterocycles. The van der Waals surface area contributed by atoms with Crippen LogP contribution in [0.5, 0.6) is 5.75 Å². The summed E-state index contributed by atoms with van der Waals surface area (Å²) in [5.41, 5.74) is 5.84. The van der Waals surface area contributed by atoms with Crippen molar-refractivity contribution >= 4 is 34.5 Å². The Kier molecular flexibility index (Phi) is 5.23. The first-order valence-corrected chi connectivity index (χ1v) is 7.27. The van der Waals surface area contributed by atoms with Crippen LogP contribution in [0.15, 0.2) is 30.3 Å². The SMILES string of the molecule is COc1ccc(Cl)cc1NC(=O)c1ccc(C#CCN)s1. The van der Waals surface area contributed by atoms with Gasteiger partial charge in [-0.2, -0.15) is 0 Å². The molecule has 0 radical (unpaired) electrons. The van der Waals surface area contributed by atoms with Gasteiger partial charge >= 0.3 is 0 Å². The lowest BCUT2D eigenvalue weighted by Gasteiger charge is -2.09. The van der Waals surface area contributed by atoms with E-state index in [1.54, 1.807) is 30.3 Å². The summed E-state index contributed by atoms with van der Waals surface area (Å²) >= 11 is 7.23. The smallest absolute Gasteiger partial charge is 0.265 e. The second-order valence-electron chi connectivity index (χ2n) is 3.97. The molecule has 0 saturated heterocycles. The van der Waals surface area contributed by atoms with Gasteiger partial charge in [-0.25, -0.2) is 0 Å². The number of ether oxygens (including phenoxy) is 1. The number of rotatable bonds is 3. The van der Waals surface area contributed by atoms with Crippen molar-refractivity contribution in [3.05, 3.63) is 45.1 Å². The first-order valence-electron chi connectivity index (χ1n) is 6.07. The van der Waals surface area contributed by atoms with Crippen LogP contribution < -0.4 is 15.8 Å². The molecule has 0 aliphatic heterocycles. The van der Waals surface area contributed by atoms with E-state index in [0.29, 0.717) is 27.9 Å². The van der Waals surface area contributed by atoms with Crippen molar-refractivity contribution in [2.75, 3.05) is 19.0 Å². The molecular weight excluding hydrogens is 308 g/mol. The quantitative estimate of drug-likeness (QED) is 0.855. The fraction of sp³-hybridized carbons (Fsp3) is 0.133. The van der Waals surface area contributed by atoms with E-state index in [1.807, 2.05) is 0 Å². The Hall–Kier alpha value is -2.00. The van der Waals surface area contributed by atoms with Gasteiger partial charge in [-0.3, -0.25) is 4.79 Å². The number of thiophene rings is 1. The third-order valence-electron chi connectivity index (χ3n) is 2.55. The number of carbonyl (C=O) groups excluding carboxylic acids is 1. The van der Waals surface area contributed by atoms with Crippen molar-refractivity contribution in [1.29, 1.82) is 0 Å². The summed E-state index contributed by atoms with van der Waals surface area (Å²) < 4.78 is 5.19. The second-order valence-corrected chi connectivity index (χ2v) is 5.49. The molecule has 3 N–H and O–H groups in total.